The molecule has 1 aliphatic heterocycles. The van der Waals surface area contributed by atoms with Crippen molar-refractivity contribution in [2.45, 2.75) is 39.7 Å². The Labute approximate surface area is 202 Å². The standard InChI is InChI=1S/C26H23ClFN5O/c1-15-12-16(2)30-26(29-15)33-25-24(17(3)31-33)22(19-6-8-20(27)9-7-19)13-23(34)32(25)14-18-4-10-21(28)11-5-18/h4-12,22H,13-14H2,1-3H3. The molecule has 0 fully saturated rings. The van der Waals surface area contributed by atoms with Crippen molar-refractivity contribution in [1.29, 1.82) is 0 Å². The van der Waals surface area contributed by atoms with Crippen molar-refractivity contribution in [2.24, 2.45) is 0 Å². The highest BCUT2D eigenvalue weighted by molar-refractivity contribution is 6.30. The number of hydrogen-bond donors (Lipinski definition) is 0. The van der Waals surface area contributed by atoms with E-state index in [2.05, 4.69) is 9.97 Å². The lowest BCUT2D eigenvalue weighted by Gasteiger charge is -2.33. The molecule has 0 radical (unpaired) electrons. The van der Waals surface area contributed by atoms with E-state index in [1.54, 1.807) is 21.7 Å². The highest BCUT2D eigenvalue weighted by Gasteiger charge is 2.38. The molecule has 0 aliphatic carbocycles. The average molecular weight is 476 g/mol. The average Bonchev–Trinajstić information content (AvgIpc) is 3.14. The summed E-state index contributed by atoms with van der Waals surface area (Å²) in [5.41, 5.74) is 5.18. The van der Waals surface area contributed by atoms with Crippen molar-refractivity contribution >= 4 is 23.3 Å². The van der Waals surface area contributed by atoms with Crippen LogP contribution < -0.4 is 4.90 Å². The lowest BCUT2D eigenvalue weighted by atomic mass is 9.85. The van der Waals surface area contributed by atoms with Crippen molar-refractivity contribution in [1.82, 2.24) is 19.7 Å². The second-order valence-corrected chi connectivity index (χ2v) is 9.04. The number of benzene rings is 2. The molecule has 0 bridgehead atoms. The molecule has 1 amide bonds. The van der Waals surface area contributed by atoms with Gasteiger partial charge in [-0.2, -0.15) is 9.78 Å². The molecule has 6 nitrogen and oxygen atoms in total. The van der Waals surface area contributed by atoms with Gasteiger partial charge in [-0.3, -0.25) is 9.69 Å². The number of anilines is 1. The molecule has 0 saturated heterocycles. The number of amides is 1. The van der Waals surface area contributed by atoms with Crippen LogP contribution in [0.1, 0.15) is 46.1 Å². The molecule has 0 saturated carbocycles. The summed E-state index contributed by atoms with van der Waals surface area (Å²) in [5.74, 6) is 0.506. The van der Waals surface area contributed by atoms with Gasteiger partial charge in [-0.05, 0) is 62.2 Å². The lowest BCUT2D eigenvalue weighted by Crippen LogP contribution is -2.38. The molecule has 2 aromatic carbocycles. The Morgan fingerprint density at radius 3 is 2.29 bits per heavy atom. The first-order valence-electron chi connectivity index (χ1n) is 11.0. The van der Waals surface area contributed by atoms with Gasteiger partial charge in [0.05, 0.1) is 12.2 Å². The van der Waals surface area contributed by atoms with E-state index in [1.807, 2.05) is 51.1 Å². The zero-order chi connectivity index (χ0) is 24.0. The number of nitrogens with zero attached hydrogens (tertiary/aromatic N) is 5. The minimum atomic E-state index is -0.318. The zero-order valence-electron chi connectivity index (χ0n) is 19.1. The third kappa shape index (κ3) is 4.07. The monoisotopic (exact) mass is 475 g/mol. The molecule has 1 atom stereocenters. The number of aromatic nitrogens is 4. The molecule has 2 aromatic heterocycles. The van der Waals surface area contributed by atoms with Gasteiger partial charge in [0.2, 0.25) is 5.91 Å². The highest BCUT2D eigenvalue weighted by atomic mass is 35.5. The van der Waals surface area contributed by atoms with Gasteiger partial charge in [-0.1, -0.05) is 35.9 Å². The summed E-state index contributed by atoms with van der Waals surface area (Å²) < 4.78 is 15.2. The lowest BCUT2D eigenvalue weighted by molar-refractivity contribution is -0.119. The van der Waals surface area contributed by atoms with Crippen LogP contribution in [0.3, 0.4) is 0 Å². The second kappa shape index (κ2) is 8.65. The maximum absolute atomic E-state index is 13.5. The third-order valence-electron chi connectivity index (χ3n) is 6.05. The smallest absolute Gasteiger partial charge is 0.252 e. The fraction of sp³-hybridized carbons (Fsp3) is 0.231. The first-order chi connectivity index (χ1) is 16.3. The molecule has 4 aromatic rings. The highest BCUT2D eigenvalue weighted by Crippen LogP contribution is 2.43. The quantitative estimate of drug-likeness (QED) is 0.394. The molecule has 5 rings (SSSR count). The van der Waals surface area contributed by atoms with Crippen LogP contribution in [0, 0.1) is 26.6 Å². The van der Waals surface area contributed by atoms with Gasteiger partial charge in [0.25, 0.3) is 5.95 Å². The van der Waals surface area contributed by atoms with E-state index >= 15 is 0 Å². The van der Waals surface area contributed by atoms with Crippen LogP contribution in [-0.2, 0) is 11.3 Å². The van der Waals surface area contributed by atoms with Crippen LogP contribution in [0.4, 0.5) is 10.2 Å². The SMILES string of the molecule is Cc1cc(C)nc(-n2nc(C)c3c2N(Cc2ccc(F)cc2)C(=O)CC3c2ccc(Cl)cc2)n1. The molecule has 34 heavy (non-hydrogen) atoms. The maximum atomic E-state index is 13.5. The van der Waals surface area contributed by atoms with E-state index < -0.39 is 0 Å². The van der Waals surface area contributed by atoms with Crippen molar-refractivity contribution in [3.05, 3.63) is 99.2 Å². The molecule has 172 valence electrons. The number of halogens is 2. The number of carbonyl (C=O) groups excluding carboxylic acids is 1. The molecule has 8 heteroatoms. The van der Waals surface area contributed by atoms with Gasteiger partial charge in [-0.15, -0.1) is 0 Å². The largest absolute Gasteiger partial charge is 0.292 e. The Hall–Kier alpha value is -3.58. The second-order valence-electron chi connectivity index (χ2n) is 8.60. The van der Waals surface area contributed by atoms with E-state index in [9.17, 15) is 9.18 Å². The molecular weight excluding hydrogens is 453 g/mol. The Balaban J connectivity index is 1.70. The Morgan fingerprint density at radius 1 is 1.00 bits per heavy atom. The number of carbonyl (C=O) groups is 1. The summed E-state index contributed by atoms with van der Waals surface area (Å²) in [7, 11) is 0. The van der Waals surface area contributed by atoms with E-state index in [4.69, 9.17) is 16.7 Å². The van der Waals surface area contributed by atoms with E-state index in [-0.39, 0.29) is 30.6 Å². The van der Waals surface area contributed by atoms with Gasteiger partial charge in [0.1, 0.15) is 11.6 Å². The van der Waals surface area contributed by atoms with E-state index in [0.717, 1.165) is 33.8 Å². The predicted molar refractivity (Wildman–Crippen MR) is 129 cm³/mol. The van der Waals surface area contributed by atoms with Gasteiger partial charge < -0.3 is 0 Å². The van der Waals surface area contributed by atoms with Crippen LogP contribution in [0.5, 0.6) is 0 Å². The van der Waals surface area contributed by atoms with Gasteiger partial charge in [-0.25, -0.2) is 14.4 Å². The van der Waals surface area contributed by atoms with Gasteiger partial charge >= 0.3 is 0 Å². The fourth-order valence-electron chi connectivity index (χ4n) is 4.56. The summed E-state index contributed by atoms with van der Waals surface area (Å²) in [6, 6.07) is 15.6. The number of hydrogen-bond acceptors (Lipinski definition) is 4. The number of rotatable bonds is 4. The van der Waals surface area contributed by atoms with Crippen molar-refractivity contribution < 1.29 is 9.18 Å². The van der Waals surface area contributed by atoms with Crippen LogP contribution in [-0.4, -0.2) is 25.7 Å². The van der Waals surface area contributed by atoms with Crippen LogP contribution in [0.2, 0.25) is 5.02 Å². The van der Waals surface area contributed by atoms with Crippen LogP contribution in [0.25, 0.3) is 5.95 Å². The zero-order valence-corrected chi connectivity index (χ0v) is 19.8. The molecule has 1 unspecified atom stereocenters. The van der Waals surface area contributed by atoms with Gasteiger partial charge in [0.15, 0.2) is 0 Å². The fourth-order valence-corrected chi connectivity index (χ4v) is 4.68. The Morgan fingerprint density at radius 2 is 1.65 bits per heavy atom. The Bertz CT molecular complexity index is 1360. The third-order valence-corrected chi connectivity index (χ3v) is 6.30. The number of fused-ring (bicyclic) bond motifs is 1. The van der Waals surface area contributed by atoms with Crippen LogP contribution in [0.15, 0.2) is 54.6 Å². The summed E-state index contributed by atoms with van der Waals surface area (Å²) in [4.78, 5) is 24.4. The van der Waals surface area contributed by atoms with Crippen LogP contribution >= 0.6 is 11.6 Å². The maximum Gasteiger partial charge on any atom is 0.252 e. The van der Waals surface area contributed by atoms with E-state index in [0.29, 0.717) is 16.8 Å². The first kappa shape index (κ1) is 22.2. The molecule has 3 heterocycles. The van der Waals surface area contributed by atoms with E-state index in [1.165, 1.54) is 12.1 Å². The van der Waals surface area contributed by atoms with Crippen molar-refractivity contribution in [3.63, 3.8) is 0 Å². The topological polar surface area (TPSA) is 63.9 Å². The summed E-state index contributed by atoms with van der Waals surface area (Å²) in [5, 5.41) is 5.43. The predicted octanol–water partition coefficient (Wildman–Crippen LogP) is 5.45. The summed E-state index contributed by atoms with van der Waals surface area (Å²) in [6.45, 7) is 6.03. The Kier molecular flexibility index (Phi) is 5.65. The van der Waals surface area contributed by atoms with Crippen molar-refractivity contribution in [3.8, 4) is 5.95 Å². The molecular formula is C26H23ClFN5O. The molecule has 0 N–H and O–H groups in total. The normalized spacial score (nSPS) is 15.5. The van der Waals surface area contributed by atoms with Crippen molar-refractivity contribution in [2.75, 3.05) is 4.90 Å². The molecule has 1 aliphatic rings. The summed E-state index contributed by atoms with van der Waals surface area (Å²) >= 11 is 6.11. The molecule has 0 spiro atoms. The minimum absolute atomic E-state index is 0.0534. The minimum Gasteiger partial charge on any atom is -0.292 e. The van der Waals surface area contributed by atoms with Gasteiger partial charge in [0, 0.05) is 34.3 Å². The first-order valence-corrected chi connectivity index (χ1v) is 11.4. The number of aryl methyl sites for hydroxylation is 3. The summed E-state index contributed by atoms with van der Waals surface area (Å²) in [6.07, 6.45) is 0.288.